The Hall–Kier alpha value is -1.70. The summed E-state index contributed by atoms with van der Waals surface area (Å²) >= 11 is 3.19. The lowest BCUT2D eigenvalue weighted by Gasteiger charge is -2.09. The fourth-order valence-electron chi connectivity index (χ4n) is 1.62. The number of hydrogen-bond donors (Lipinski definition) is 1. The van der Waals surface area contributed by atoms with E-state index in [0.29, 0.717) is 15.9 Å². The summed E-state index contributed by atoms with van der Waals surface area (Å²) in [5.74, 6) is -1.08. The summed E-state index contributed by atoms with van der Waals surface area (Å²) in [6.45, 7) is 3.34. The minimum Gasteiger partial charge on any atom is -0.480 e. The SMILES string of the molecule is CC(C)c1nn(CC(=O)O)c(=O)n2cc(Br)nc12. The van der Waals surface area contributed by atoms with Gasteiger partial charge in [0.05, 0.1) is 0 Å². The Bertz CT molecular complexity index is 674. The van der Waals surface area contributed by atoms with Gasteiger partial charge in [-0.25, -0.2) is 18.9 Å². The maximum atomic E-state index is 12.0. The Kier molecular flexibility index (Phi) is 3.20. The summed E-state index contributed by atoms with van der Waals surface area (Å²) in [5, 5.41) is 12.8. The third-order valence-corrected chi connectivity index (χ3v) is 2.77. The number of carboxylic acid groups (broad SMARTS) is 1. The van der Waals surface area contributed by atoms with Gasteiger partial charge >= 0.3 is 11.7 Å². The van der Waals surface area contributed by atoms with Gasteiger partial charge in [0.1, 0.15) is 16.8 Å². The van der Waals surface area contributed by atoms with Gasteiger partial charge in [-0.3, -0.25) is 4.79 Å². The zero-order valence-corrected chi connectivity index (χ0v) is 11.4. The predicted molar refractivity (Wildman–Crippen MR) is 66.7 cm³/mol. The van der Waals surface area contributed by atoms with Crippen LogP contribution in [0.5, 0.6) is 0 Å². The first kappa shape index (κ1) is 12.7. The topological polar surface area (TPSA) is 89.5 Å². The Labute approximate surface area is 110 Å². The number of nitrogens with zero attached hydrogens (tertiary/aromatic N) is 4. The van der Waals surface area contributed by atoms with Crippen molar-refractivity contribution in [3.05, 3.63) is 27.0 Å². The van der Waals surface area contributed by atoms with E-state index in [9.17, 15) is 9.59 Å². The van der Waals surface area contributed by atoms with Crippen LogP contribution in [0.1, 0.15) is 25.5 Å². The first-order valence-corrected chi connectivity index (χ1v) is 6.07. The van der Waals surface area contributed by atoms with E-state index in [0.717, 1.165) is 4.68 Å². The van der Waals surface area contributed by atoms with Crippen LogP contribution >= 0.6 is 15.9 Å². The third kappa shape index (κ3) is 2.15. The molecule has 0 fully saturated rings. The van der Waals surface area contributed by atoms with Crippen LogP contribution in [0.25, 0.3) is 5.65 Å². The Morgan fingerprint density at radius 2 is 2.22 bits per heavy atom. The Morgan fingerprint density at radius 3 is 2.78 bits per heavy atom. The average Bonchev–Trinajstić information content (AvgIpc) is 2.63. The van der Waals surface area contributed by atoms with Gasteiger partial charge in [-0.1, -0.05) is 13.8 Å². The molecule has 0 saturated heterocycles. The van der Waals surface area contributed by atoms with Gasteiger partial charge in [0, 0.05) is 12.1 Å². The lowest BCUT2D eigenvalue weighted by Crippen LogP contribution is -2.32. The molecule has 0 aliphatic heterocycles. The minimum absolute atomic E-state index is 0.0300. The molecule has 2 rings (SSSR count). The lowest BCUT2D eigenvalue weighted by molar-refractivity contribution is -0.138. The summed E-state index contributed by atoms with van der Waals surface area (Å²) in [6, 6.07) is 0. The molecule has 0 radical (unpaired) electrons. The standard InChI is InChI=1S/C10H11BrN4O3/c1-5(2)8-9-12-6(11)3-14(9)10(18)15(13-8)4-7(16)17/h3,5H,4H2,1-2H3,(H,16,17). The van der Waals surface area contributed by atoms with Crippen molar-refractivity contribution < 1.29 is 9.90 Å². The number of rotatable bonds is 3. The second-order valence-electron chi connectivity index (χ2n) is 4.13. The Balaban J connectivity index is 2.78. The molecule has 2 aromatic rings. The molecular formula is C10H11BrN4O3. The van der Waals surface area contributed by atoms with Crippen molar-refractivity contribution in [2.75, 3.05) is 0 Å². The van der Waals surface area contributed by atoms with Gasteiger partial charge in [0.15, 0.2) is 5.65 Å². The van der Waals surface area contributed by atoms with E-state index in [4.69, 9.17) is 5.11 Å². The zero-order valence-electron chi connectivity index (χ0n) is 9.79. The largest absolute Gasteiger partial charge is 0.480 e. The highest BCUT2D eigenvalue weighted by atomic mass is 79.9. The summed E-state index contributed by atoms with van der Waals surface area (Å²) in [7, 11) is 0. The van der Waals surface area contributed by atoms with E-state index in [1.165, 1.54) is 10.6 Å². The molecule has 0 bridgehead atoms. The van der Waals surface area contributed by atoms with Gasteiger partial charge in [-0.15, -0.1) is 0 Å². The number of fused-ring (bicyclic) bond motifs is 1. The van der Waals surface area contributed by atoms with Crippen LogP contribution in [0.2, 0.25) is 0 Å². The van der Waals surface area contributed by atoms with Gasteiger partial charge < -0.3 is 5.11 Å². The molecule has 0 aromatic carbocycles. The lowest BCUT2D eigenvalue weighted by atomic mass is 10.1. The first-order chi connectivity index (χ1) is 8.40. The van der Waals surface area contributed by atoms with E-state index < -0.39 is 18.2 Å². The molecule has 2 heterocycles. The van der Waals surface area contributed by atoms with Crippen molar-refractivity contribution >= 4 is 27.5 Å². The number of imidazole rings is 1. The van der Waals surface area contributed by atoms with Gasteiger partial charge in [0.2, 0.25) is 0 Å². The van der Waals surface area contributed by atoms with E-state index >= 15 is 0 Å². The molecule has 0 saturated carbocycles. The number of carbonyl (C=O) groups is 1. The van der Waals surface area contributed by atoms with E-state index in [1.54, 1.807) is 0 Å². The molecule has 0 atom stereocenters. The van der Waals surface area contributed by atoms with E-state index in [2.05, 4.69) is 26.0 Å². The molecule has 0 amide bonds. The molecular weight excluding hydrogens is 304 g/mol. The highest BCUT2D eigenvalue weighted by Crippen LogP contribution is 2.17. The normalized spacial score (nSPS) is 11.3. The molecule has 0 aliphatic carbocycles. The van der Waals surface area contributed by atoms with Crippen LogP contribution in [0.15, 0.2) is 15.6 Å². The summed E-state index contributed by atoms with van der Waals surface area (Å²) in [4.78, 5) is 26.9. The smallest absolute Gasteiger partial charge is 0.350 e. The second-order valence-corrected chi connectivity index (χ2v) is 4.94. The van der Waals surface area contributed by atoms with Crippen LogP contribution in [0.4, 0.5) is 0 Å². The van der Waals surface area contributed by atoms with Crippen molar-refractivity contribution in [2.45, 2.75) is 26.3 Å². The third-order valence-electron chi connectivity index (χ3n) is 2.39. The molecule has 96 valence electrons. The molecule has 2 aromatic heterocycles. The number of aliphatic carboxylic acids is 1. The predicted octanol–water partition coefficient (Wildman–Crippen LogP) is 0.861. The minimum atomic E-state index is -1.11. The van der Waals surface area contributed by atoms with E-state index in [-0.39, 0.29) is 5.92 Å². The van der Waals surface area contributed by atoms with Crippen LogP contribution in [-0.2, 0) is 11.3 Å². The maximum absolute atomic E-state index is 12.0. The molecule has 0 spiro atoms. The number of carboxylic acids is 1. The number of halogens is 1. The highest BCUT2D eigenvalue weighted by molar-refractivity contribution is 9.10. The fourth-order valence-corrected chi connectivity index (χ4v) is 2.00. The van der Waals surface area contributed by atoms with Gasteiger partial charge in [-0.2, -0.15) is 5.10 Å². The molecule has 0 aliphatic rings. The monoisotopic (exact) mass is 314 g/mol. The summed E-state index contributed by atoms with van der Waals surface area (Å²) < 4.78 is 2.74. The maximum Gasteiger partial charge on any atom is 0.350 e. The molecule has 7 nitrogen and oxygen atoms in total. The highest BCUT2D eigenvalue weighted by Gasteiger charge is 2.16. The van der Waals surface area contributed by atoms with Crippen LogP contribution < -0.4 is 5.69 Å². The van der Waals surface area contributed by atoms with Crippen LogP contribution in [-0.4, -0.2) is 30.2 Å². The molecule has 0 unspecified atom stereocenters. The quantitative estimate of drug-likeness (QED) is 0.907. The van der Waals surface area contributed by atoms with Crippen molar-refractivity contribution in [2.24, 2.45) is 0 Å². The molecule has 1 N–H and O–H groups in total. The molecule has 18 heavy (non-hydrogen) atoms. The summed E-state index contributed by atoms with van der Waals surface area (Å²) in [6.07, 6.45) is 1.50. The van der Waals surface area contributed by atoms with Gasteiger partial charge in [-0.05, 0) is 15.9 Å². The summed E-state index contributed by atoms with van der Waals surface area (Å²) in [5.41, 5.74) is 0.514. The van der Waals surface area contributed by atoms with Crippen LogP contribution in [0, 0.1) is 0 Å². The zero-order chi connectivity index (χ0) is 13.4. The van der Waals surface area contributed by atoms with Crippen molar-refractivity contribution in [1.82, 2.24) is 19.2 Å². The fraction of sp³-hybridized carbons (Fsp3) is 0.400. The Morgan fingerprint density at radius 1 is 1.56 bits per heavy atom. The van der Waals surface area contributed by atoms with Crippen LogP contribution in [0.3, 0.4) is 0 Å². The second kappa shape index (κ2) is 4.52. The molecule has 8 heteroatoms. The number of hydrogen-bond acceptors (Lipinski definition) is 4. The van der Waals surface area contributed by atoms with Crippen molar-refractivity contribution in [3.63, 3.8) is 0 Å². The van der Waals surface area contributed by atoms with E-state index in [1.807, 2.05) is 13.8 Å². The van der Waals surface area contributed by atoms with Crippen molar-refractivity contribution in [3.8, 4) is 0 Å². The van der Waals surface area contributed by atoms with Crippen molar-refractivity contribution in [1.29, 1.82) is 0 Å². The number of aromatic nitrogens is 4. The average molecular weight is 315 g/mol. The van der Waals surface area contributed by atoms with Gasteiger partial charge in [0.25, 0.3) is 0 Å². The first-order valence-electron chi connectivity index (χ1n) is 5.27.